The summed E-state index contributed by atoms with van der Waals surface area (Å²) in [7, 11) is -3.45. The molecule has 100 valence electrons. The topological polar surface area (TPSA) is 66.1 Å². The third kappa shape index (κ3) is 2.33. The molecule has 0 radical (unpaired) electrons. The Balaban J connectivity index is 1.94. The van der Waals surface area contributed by atoms with E-state index in [1.165, 1.54) is 4.31 Å². The average molecular weight is 342 g/mol. The van der Waals surface area contributed by atoms with Gasteiger partial charge < -0.3 is 4.98 Å². The molecule has 0 amide bonds. The number of rotatable bonds is 2. The van der Waals surface area contributed by atoms with Crippen molar-refractivity contribution in [3.8, 4) is 0 Å². The number of H-pyrrole nitrogens is 1. The zero-order valence-corrected chi connectivity index (χ0v) is 12.4. The lowest BCUT2D eigenvalue weighted by Gasteiger charge is -2.25. The first-order chi connectivity index (χ1) is 9.07. The molecule has 0 unspecified atom stereocenters. The van der Waals surface area contributed by atoms with Crippen LogP contribution in [0.5, 0.6) is 0 Å². The van der Waals surface area contributed by atoms with Crippen molar-refractivity contribution in [2.75, 3.05) is 6.54 Å². The van der Waals surface area contributed by atoms with Crippen LogP contribution < -0.4 is 0 Å². The van der Waals surface area contributed by atoms with Gasteiger partial charge in [0.15, 0.2) is 0 Å². The Morgan fingerprint density at radius 2 is 2.21 bits per heavy atom. The number of aromatic amines is 1. The first-order valence-electron chi connectivity index (χ1n) is 5.84. The van der Waals surface area contributed by atoms with Gasteiger partial charge in [-0.25, -0.2) is 13.4 Å². The minimum Gasteiger partial charge on any atom is -0.347 e. The third-order valence-corrected chi connectivity index (χ3v) is 5.51. The van der Waals surface area contributed by atoms with Crippen LogP contribution in [0.4, 0.5) is 0 Å². The van der Waals surface area contributed by atoms with E-state index in [0.29, 0.717) is 24.4 Å². The second-order valence-corrected chi connectivity index (χ2v) is 7.23. The lowest BCUT2D eigenvalue weighted by molar-refractivity contribution is 0.385. The second-order valence-electron chi connectivity index (χ2n) is 4.37. The molecule has 1 aliphatic rings. The molecule has 0 saturated carbocycles. The molecule has 3 rings (SSSR count). The zero-order chi connectivity index (χ0) is 13.5. The molecule has 0 bridgehead atoms. The van der Waals surface area contributed by atoms with Gasteiger partial charge in [-0.2, -0.15) is 4.31 Å². The molecule has 5 nitrogen and oxygen atoms in total. The summed E-state index contributed by atoms with van der Waals surface area (Å²) in [6.07, 6.45) is 2.26. The van der Waals surface area contributed by atoms with Gasteiger partial charge >= 0.3 is 0 Å². The molecular weight excluding hydrogens is 330 g/mol. The Labute approximate surface area is 119 Å². The molecule has 2 heterocycles. The Morgan fingerprint density at radius 1 is 1.37 bits per heavy atom. The fraction of sp³-hybridized carbons (Fsp3) is 0.250. The summed E-state index contributed by atoms with van der Waals surface area (Å²) in [4.78, 5) is 7.48. The Morgan fingerprint density at radius 3 is 3.00 bits per heavy atom. The number of benzene rings is 1. The molecule has 0 fully saturated rings. The van der Waals surface area contributed by atoms with Crippen molar-refractivity contribution in [1.82, 2.24) is 14.3 Å². The van der Waals surface area contributed by atoms with E-state index in [1.54, 1.807) is 24.5 Å². The molecule has 1 N–H and O–H groups in total. The standard InChI is InChI=1S/C12H12BrN3O2S/c13-9-2-1-3-10(6-9)19(17,18)16-5-4-11-12(7-16)15-8-14-11/h1-3,6,8H,4-5,7H2,(H,14,15). The number of hydrogen-bond acceptors (Lipinski definition) is 3. The SMILES string of the molecule is O=S(=O)(c1cccc(Br)c1)N1CCc2nc[nH]c2C1. The van der Waals surface area contributed by atoms with Gasteiger partial charge in [-0.15, -0.1) is 0 Å². The fourth-order valence-corrected chi connectivity index (χ4v) is 4.18. The third-order valence-electron chi connectivity index (χ3n) is 3.17. The number of halogens is 1. The van der Waals surface area contributed by atoms with E-state index >= 15 is 0 Å². The first kappa shape index (κ1) is 12.8. The maximum atomic E-state index is 12.5. The van der Waals surface area contributed by atoms with Crippen LogP contribution in [0.1, 0.15) is 11.4 Å². The van der Waals surface area contributed by atoms with Gasteiger partial charge in [-0.1, -0.05) is 22.0 Å². The lowest BCUT2D eigenvalue weighted by atomic mass is 10.2. The number of nitrogens with zero attached hydrogens (tertiary/aromatic N) is 2. The number of sulfonamides is 1. The molecule has 0 aliphatic carbocycles. The number of aromatic nitrogens is 2. The van der Waals surface area contributed by atoms with Gasteiger partial charge in [0.05, 0.1) is 29.2 Å². The van der Waals surface area contributed by atoms with E-state index in [1.807, 2.05) is 6.07 Å². The van der Waals surface area contributed by atoms with E-state index in [2.05, 4.69) is 25.9 Å². The summed E-state index contributed by atoms with van der Waals surface area (Å²) in [5, 5.41) is 0. The summed E-state index contributed by atoms with van der Waals surface area (Å²) < 4.78 is 27.3. The monoisotopic (exact) mass is 341 g/mol. The molecule has 0 saturated heterocycles. The van der Waals surface area contributed by atoms with Gasteiger partial charge in [-0.3, -0.25) is 0 Å². The van der Waals surface area contributed by atoms with Crippen molar-refractivity contribution in [3.63, 3.8) is 0 Å². The maximum Gasteiger partial charge on any atom is 0.243 e. The zero-order valence-electron chi connectivity index (χ0n) is 10.0. The molecule has 19 heavy (non-hydrogen) atoms. The highest BCUT2D eigenvalue weighted by Crippen LogP contribution is 2.24. The predicted molar refractivity (Wildman–Crippen MR) is 74.0 cm³/mol. The van der Waals surface area contributed by atoms with Gasteiger partial charge in [-0.05, 0) is 18.2 Å². The predicted octanol–water partition coefficient (Wildman–Crippen LogP) is 1.92. The maximum absolute atomic E-state index is 12.5. The first-order valence-corrected chi connectivity index (χ1v) is 8.07. The van der Waals surface area contributed by atoms with Crippen LogP contribution in [0.25, 0.3) is 0 Å². The number of nitrogens with one attached hydrogen (secondary N) is 1. The Kier molecular flexibility index (Phi) is 3.20. The molecule has 1 aliphatic heterocycles. The van der Waals surface area contributed by atoms with E-state index in [4.69, 9.17) is 0 Å². The Bertz CT molecular complexity index is 711. The highest BCUT2D eigenvalue weighted by molar-refractivity contribution is 9.10. The molecule has 0 atom stereocenters. The van der Waals surface area contributed by atoms with E-state index < -0.39 is 10.0 Å². The van der Waals surface area contributed by atoms with Gasteiger partial charge in [0.1, 0.15) is 0 Å². The second kappa shape index (κ2) is 4.73. The largest absolute Gasteiger partial charge is 0.347 e. The fourth-order valence-electron chi connectivity index (χ4n) is 2.17. The van der Waals surface area contributed by atoms with Crippen LogP contribution in [0.2, 0.25) is 0 Å². The normalized spacial score (nSPS) is 16.3. The summed E-state index contributed by atoms with van der Waals surface area (Å²) >= 11 is 3.30. The number of imidazole rings is 1. The van der Waals surface area contributed by atoms with Crippen molar-refractivity contribution < 1.29 is 8.42 Å². The molecule has 0 spiro atoms. The van der Waals surface area contributed by atoms with E-state index in [0.717, 1.165) is 15.9 Å². The van der Waals surface area contributed by atoms with Crippen molar-refractivity contribution in [2.24, 2.45) is 0 Å². The quantitative estimate of drug-likeness (QED) is 0.907. The van der Waals surface area contributed by atoms with E-state index in [-0.39, 0.29) is 0 Å². The van der Waals surface area contributed by atoms with Crippen molar-refractivity contribution in [1.29, 1.82) is 0 Å². The highest BCUT2D eigenvalue weighted by Gasteiger charge is 2.29. The smallest absolute Gasteiger partial charge is 0.243 e. The minimum absolute atomic E-state index is 0.310. The molecular formula is C12H12BrN3O2S. The van der Waals surface area contributed by atoms with Crippen LogP contribution in [-0.4, -0.2) is 29.2 Å². The summed E-state index contributed by atoms with van der Waals surface area (Å²) in [6, 6.07) is 6.77. The Hall–Kier alpha value is -1.18. The molecule has 1 aromatic heterocycles. The van der Waals surface area contributed by atoms with Crippen LogP contribution in [-0.2, 0) is 23.0 Å². The van der Waals surface area contributed by atoms with Crippen molar-refractivity contribution in [2.45, 2.75) is 17.9 Å². The summed E-state index contributed by atoms with van der Waals surface area (Å²) in [5.41, 5.74) is 1.84. The van der Waals surface area contributed by atoms with Crippen molar-refractivity contribution >= 4 is 26.0 Å². The van der Waals surface area contributed by atoms with Crippen LogP contribution in [0, 0.1) is 0 Å². The molecule has 7 heteroatoms. The molecule has 2 aromatic rings. The summed E-state index contributed by atoms with van der Waals surface area (Å²) in [5.74, 6) is 0. The van der Waals surface area contributed by atoms with Crippen LogP contribution >= 0.6 is 15.9 Å². The summed E-state index contributed by atoms with van der Waals surface area (Å²) in [6.45, 7) is 0.816. The van der Waals surface area contributed by atoms with Crippen molar-refractivity contribution in [3.05, 3.63) is 46.5 Å². The van der Waals surface area contributed by atoms with Gasteiger partial charge in [0, 0.05) is 17.4 Å². The number of fused-ring (bicyclic) bond motifs is 1. The van der Waals surface area contributed by atoms with Gasteiger partial charge in [0.2, 0.25) is 10.0 Å². The lowest BCUT2D eigenvalue weighted by Crippen LogP contribution is -2.36. The minimum atomic E-state index is -3.45. The van der Waals surface area contributed by atoms with E-state index in [9.17, 15) is 8.42 Å². The number of hydrogen-bond donors (Lipinski definition) is 1. The highest BCUT2D eigenvalue weighted by atomic mass is 79.9. The van der Waals surface area contributed by atoms with Gasteiger partial charge in [0.25, 0.3) is 0 Å². The van der Waals surface area contributed by atoms with Crippen LogP contribution in [0.15, 0.2) is 40.0 Å². The van der Waals surface area contributed by atoms with Crippen LogP contribution in [0.3, 0.4) is 0 Å². The average Bonchev–Trinajstić information content (AvgIpc) is 2.85. The molecule has 1 aromatic carbocycles.